The van der Waals surface area contributed by atoms with E-state index in [-0.39, 0.29) is 0 Å². The molecule has 0 amide bonds. The number of carbonyl (C=O) groups is 1. The molecule has 6 heteroatoms. The molecule has 1 aliphatic heterocycles. The number of oxime groups is 1. The Kier molecular flexibility index (Phi) is 5.65. The molecular weight excluding hydrogens is 410 g/mol. The van der Waals surface area contributed by atoms with E-state index in [0.29, 0.717) is 29.4 Å². The maximum Gasteiger partial charge on any atom is 0.367 e. The fraction of sp³-hybridized carbons (Fsp3) is 0.238. The zero-order valence-electron chi connectivity index (χ0n) is 15.6. The van der Waals surface area contributed by atoms with Crippen LogP contribution in [0.3, 0.4) is 0 Å². The minimum Gasteiger partial charge on any atom is -0.493 e. The summed E-state index contributed by atoms with van der Waals surface area (Å²) in [7, 11) is 1.58. The number of nitrogens with zero attached hydrogens (tertiary/aromatic N) is 1. The highest BCUT2D eigenvalue weighted by atomic mass is 79.9. The van der Waals surface area contributed by atoms with Gasteiger partial charge in [0.15, 0.2) is 11.5 Å². The second kappa shape index (κ2) is 7.96. The minimum atomic E-state index is -0.460. The van der Waals surface area contributed by atoms with E-state index in [1.807, 2.05) is 12.1 Å². The van der Waals surface area contributed by atoms with Crippen LogP contribution in [-0.2, 0) is 16.2 Å². The number of methoxy groups -OCH3 is 1. The molecule has 3 rings (SSSR count). The number of carbonyl (C=O) groups excluding carboxylic acids is 1. The van der Waals surface area contributed by atoms with Crippen molar-refractivity contribution in [2.45, 2.75) is 27.4 Å². The monoisotopic (exact) mass is 429 g/mol. The smallest absolute Gasteiger partial charge is 0.367 e. The highest BCUT2D eigenvalue weighted by Gasteiger charge is 2.22. The lowest BCUT2D eigenvalue weighted by molar-refractivity contribution is -0.136. The van der Waals surface area contributed by atoms with Crippen molar-refractivity contribution in [3.8, 4) is 11.5 Å². The molecule has 0 aromatic heterocycles. The van der Waals surface area contributed by atoms with Gasteiger partial charge in [-0.25, -0.2) is 4.79 Å². The van der Waals surface area contributed by atoms with Crippen molar-refractivity contribution in [3.05, 3.63) is 62.6 Å². The van der Waals surface area contributed by atoms with Crippen molar-refractivity contribution >= 4 is 33.7 Å². The summed E-state index contributed by atoms with van der Waals surface area (Å²) < 4.78 is 12.2. The fourth-order valence-electron chi connectivity index (χ4n) is 2.96. The van der Waals surface area contributed by atoms with Gasteiger partial charge in [-0.05, 0) is 66.0 Å². The maximum absolute atomic E-state index is 11.7. The highest BCUT2D eigenvalue weighted by Crippen LogP contribution is 2.38. The standard InChI is InChI=1S/C21H20BrNO4/c1-12-5-13(2)7-16(6-12)11-26-20-18(22)9-15(10-19(20)25-4)8-17-14(3)23-27-21(17)24/h5-10H,11H2,1-4H3/b17-8+. The summed E-state index contributed by atoms with van der Waals surface area (Å²) in [6, 6.07) is 10.0. The molecule has 5 nitrogen and oxygen atoms in total. The summed E-state index contributed by atoms with van der Waals surface area (Å²) >= 11 is 3.54. The molecule has 0 saturated carbocycles. The second-order valence-corrected chi connectivity index (χ2v) is 7.29. The van der Waals surface area contributed by atoms with Gasteiger partial charge in [-0.2, -0.15) is 0 Å². The second-order valence-electron chi connectivity index (χ2n) is 6.43. The van der Waals surface area contributed by atoms with Gasteiger partial charge in [0.05, 0.1) is 22.9 Å². The lowest BCUT2D eigenvalue weighted by Gasteiger charge is -2.14. The van der Waals surface area contributed by atoms with Gasteiger partial charge in [0.1, 0.15) is 6.61 Å². The molecule has 0 bridgehead atoms. The predicted octanol–water partition coefficient (Wildman–Crippen LogP) is 4.97. The molecule has 2 aromatic rings. The molecule has 0 unspecified atom stereocenters. The topological polar surface area (TPSA) is 57.1 Å². The molecule has 0 atom stereocenters. The zero-order valence-corrected chi connectivity index (χ0v) is 17.2. The third-order valence-electron chi connectivity index (χ3n) is 4.10. The van der Waals surface area contributed by atoms with Crippen LogP contribution in [0.15, 0.2) is 45.5 Å². The van der Waals surface area contributed by atoms with Crippen LogP contribution in [0.1, 0.15) is 29.2 Å². The third-order valence-corrected chi connectivity index (χ3v) is 4.69. The first-order valence-electron chi connectivity index (χ1n) is 8.43. The van der Waals surface area contributed by atoms with Crippen molar-refractivity contribution in [1.82, 2.24) is 0 Å². The summed E-state index contributed by atoms with van der Waals surface area (Å²) in [5, 5.41) is 3.69. The molecule has 0 aliphatic carbocycles. The van der Waals surface area contributed by atoms with Crippen molar-refractivity contribution in [3.63, 3.8) is 0 Å². The van der Waals surface area contributed by atoms with Crippen molar-refractivity contribution in [2.75, 3.05) is 7.11 Å². The number of hydrogen-bond donors (Lipinski definition) is 0. The van der Waals surface area contributed by atoms with E-state index in [2.05, 4.69) is 58.0 Å². The first-order chi connectivity index (χ1) is 12.9. The van der Waals surface area contributed by atoms with Crippen LogP contribution in [0.2, 0.25) is 0 Å². The molecule has 0 fully saturated rings. The molecule has 0 radical (unpaired) electrons. The van der Waals surface area contributed by atoms with Gasteiger partial charge < -0.3 is 14.3 Å². The molecule has 0 spiro atoms. The van der Waals surface area contributed by atoms with E-state index in [1.165, 1.54) is 11.1 Å². The van der Waals surface area contributed by atoms with Crippen LogP contribution >= 0.6 is 15.9 Å². The summed E-state index contributed by atoms with van der Waals surface area (Å²) in [6.07, 6.45) is 1.72. The molecule has 1 aliphatic rings. The van der Waals surface area contributed by atoms with Gasteiger partial charge in [0.2, 0.25) is 0 Å². The van der Waals surface area contributed by atoms with Crippen molar-refractivity contribution in [1.29, 1.82) is 0 Å². The van der Waals surface area contributed by atoms with Gasteiger partial charge in [0, 0.05) is 0 Å². The number of ether oxygens (including phenoxy) is 2. The highest BCUT2D eigenvalue weighted by molar-refractivity contribution is 9.10. The van der Waals surface area contributed by atoms with Crippen molar-refractivity contribution < 1.29 is 19.1 Å². The van der Waals surface area contributed by atoms with E-state index in [4.69, 9.17) is 9.47 Å². The predicted molar refractivity (Wildman–Crippen MR) is 108 cm³/mol. The zero-order chi connectivity index (χ0) is 19.6. The lowest BCUT2D eigenvalue weighted by Crippen LogP contribution is -2.02. The number of hydrogen-bond acceptors (Lipinski definition) is 5. The van der Waals surface area contributed by atoms with Crippen LogP contribution in [0, 0.1) is 13.8 Å². The fourth-order valence-corrected chi connectivity index (χ4v) is 3.53. The molecule has 0 N–H and O–H groups in total. The molecule has 140 valence electrons. The Morgan fingerprint density at radius 2 is 1.81 bits per heavy atom. The quantitative estimate of drug-likeness (QED) is 0.497. The van der Waals surface area contributed by atoms with E-state index in [1.54, 1.807) is 20.1 Å². The van der Waals surface area contributed by atoms with Crippen LogP contribution in [-0.4, -0.2) is 18.8 Å². The first-order valence-corrected chi connectivity index (χ1v) is 9.22. The minimum absolute atomic E-state index is 0.424. The normalized spacial score (nSPS) is 14.9. The lowest BCUT2D eigenvalue weighted by atomic mass is 10.1. The number of halogens is 1. The Balaban J connectivity index is 1.87. The van der Waals surface area contributed by atoms with Crippen molar-refractivity contribution in [2.24, 2.45) is 5.16 Å². The summed E-state index contributed by atoms with van der Waals surface area (Å²) in [4.78, 5) is 16.4. The Labute approximate surface area is 166 Å². The Hall–Kier alpha value is -2.60. The third kappa shape index (κ3) is 4.39. The van der Waals surface area contributed by atoms with Gasteiger partial charge in [-0.1, -0.05) is 34.5 Å². The van der Waals surface area contributed by atoms with Crippen LogP contribution in [0.4, 0.5) is 0 Å². The van der Waals surface area contributed by atoms with Gasteiger partial charge in [-0.3, -0.25) is 0 Å². The van der Waals surface area contributed by atoms with E-state index in [9.17, 15) is 4.79 Å². The van der Waals surface area contributed by atoms with Gasteiger partial charge >= 0.3 is 5.97 Å². The molecule has 1 heterocycles. The summed E-state index contributed by atoms with van der Waals surface area (Å²) in [5.41, 5.74) is 5.23. The number of benzene rings is 2. The molecule has 27 heavy (non-hydrogen) atoms. The van der Waals surface area contributed by atoms with Crippen LogP contribution in [0.25, 0.3) is 6.08 Å². The van der Waals surface area contributed by atoms with Gasteiger partial charge in [-0.15, -0.1) is 0 Å². The average Bonchev–Trinajstić information content (AvgIpc) is 2.91. The van der Waals surface area contributed by atoms with E-state index in [0.717, 1.165) is 15.6 Å². The largest absolute Gasteiger partial charge is 0.493 e. The number of aryl methyl sites for hydroxylation is 2. The Morgan fingerprint density at radius 1 is 1.11 bits per heavy atom. The Morgan fingerprint density at radius 3 is 2.41 bits per heavy atom. The summed E-state index contributed by atoms with van der Waals surface area (Å²) in [5.74, 6) is 0.720. The first kappa shape index (κ1) is 19.2. The van der Waals surface area contributed by atoms with Crippen LogP contribution < -0.4 is 9.47 Å². The van der Waals surface area contributed by atoms with Crippen LogP contribution in [0.5, 0.6) is 11.5 Å². The molecule has 0 saturated heterocycles. The SMILES string of the molecule is COc1cc(/C=C2/C(=O)ON=C2C)cc(Br)c1OCc1cc(C)cc(C)c1. The average molecular weight is 430 g/mol. The maximum atomic E-state index is 11.7. The molecule has 2 aromatic carbocycles. The summed E-state index contributed by atoms with van der Waals surface area (Å²) in [6.45, 7) is 6.28. The molecular formula is C21H20BrNO4. The van der Waals surface area contributed by atoms with E-state index < -0.39 is 5.97 Å². The Bertz CT molecular complexity index is 943. The van der Waals surface area contributed by atoms with E-state index >= 15 is 0 Å². The number of rotatable bonds is 5. The van der Waals surface area contributed by atoms with Gasteiger partial charge in [0.25, 0.3) is 0 Å².